The predicted molar refractivity (Wildman–Crippen MR) is 71.4 cm³/mol. The molecule has 0 saturated carbocycles. The van der Waals surface area contributed by atoms with E-state index in [4.69, 9.17) is 0 Å². The summed E-state index contributed by atoms with van der Waals surface area (Å²) < 4.78 is 0. The molecule has 0 aliphatic heterocycles. The van der Waals surface area contributed by atoms with Gasteiger partial charge in [0, 0.05) is 4.90 Å². The summed E-state index contributed by atoms with van der Waals surface area (Å²) in [7, 11) is 0. The molecule has 2 aromatic carbocycles. The van der Waals surface area contributed by atoms with Crippen LogP contribution in [-0.2, 0) is 0 Å². The maximum absolute atomic E-state index is 4.56. The van der Waals surface area contributed by atoms with Crippen molar-refractivity contribution in [2.24, 2.45) is 0 Å². The summed E-state index contributed by atoms with van der Waals surface area (Å²) in [4.78, 5) is 9.09. The van der Waals surface area contributed by atoms with Gasteiger partial charge in [-0.25, -0.2) is 4.98 Å². The Labute approximate surface area is 104 Å². The summed E-state index contributed by atoms with van der Waals surface area (Å²) in [6.07, 6.45) is 0. The second-order valence-electron chi connectivity index (χ2n) is 3.98. The van der Waals surface area contributed by atoms with Crippen molar-refractivity contribution in [3.05, 3.63) is 54.1 Å². The van der Waals surface area contributed by atoms with Crippen LogP contribution in [0.2, 0.25) is 0 Å². The first-order valence-corrected chi connectivity index (χ1v) is 6.32. The van der Waals surface area contributed by atoms with Crippen LogP contribution in [0.1, 0.15) is 5.56 Å². The maximum atomic E-state index is 4.56. The van der Waals surface area contributed by atoms with Crippen LogP contribution in [-0.4, -0.2) is 9.97 Å². The minimum Gasteiger partial charge on any atom is -0.333 e. The largest absolute Gasteiger partial charge is 0.333 e. The molecule has 17 heavy (non-hydrogen) atoms. The first-order chi connectivity index (χ1) is 8.31. The summed E-state index contributed by atoms with van der Waals surface area (Å²) in [5, 5.41) is 0.941. The third-order valence-corrected chi connectivity index (χ3v) is 3.47. The number of aromatic amines is 1. The minimum absolute atomic E-state index is 0.941. The first kappa shape index (κ1) is 10.4. The molecule has 1 heterocycles. The Bertz CT molecular complexity index is 644. The van der Waals surface area contributed by atoms with Gasteiger partial charge >= 0.3 is 0 Å². The zero-order chi connectivity index (χ0) is 11.7. The van der Waals surface area contributed by atoms with Crippen molar-refractivity contribution in [3.63, 3.8) is 0 Å². The summed E-state index contributed by atoms with van der Waals surface area (Å²) >= 11 is 1.65. The van der Waals surface area contributed by atoms with Crippen molar-refractivity contribution in [3.8, 4) is 0 Å². The Morgan fingerprint density at radius 3 is 2.71 bits per heavy atom. The number of imidazole rings is 1. The number of fused-ring (bicyclic) bond motifs is 1. The van der Waals surface area contributed by atoms with Crippen LogP contribution in [0.4, 0.5) is 0 Å². The van der Waals surface area contributed by atoms with Gasteiger partial charge in [-0.2, -0.15) is 0 Å². The van der Waals surface area contributed by atoms with Gasteiger partial charge in [0.05, 0.1) is 11.0 Å². The summed E-state index contributed by atoms with van der Waals surface area (Å²) in [5.41, 5.74) is 3.37. The second kappa shape index (κ2) is 4.26. The lowest BCUT2D eigenvalue weighted by atomic mass is 10.2. The molecule has 0 spiro atoms. The fraction of sp³-hybridized carbons (Fsp3) is 0.0714. The fourth-order valence-electron chi connectivity index (χ4n) is 1.75. The molecule has 0 radical (unpaired) electrons. The summed E-state index contributed by atoms with van der Waals surface area (Å²) in [6, 6.07) is 16.5. The zero-order valence-electron chi connectivity index (χ0n) is 9.47. The molecule has 0 amide bonds. The monoisotopic (exact) mass is 240 g/mol. The Morgan fingerprint density at radius 2 is 1.88 bits per heavy atom. The van der Waals surface area contributed by atoms with E-state index in [1.54, 1.807) is 11.8 Å². The third kappa shape index (κ3) is 2.19. The number of H-pyrrole nitrogens is 1. The topological polar surface area (TPSA) is 28.7 Å². The van der Waals surface area contributed by atoms with Gasteiger partial charge in [-0.05, 0) is 36.8 Å². The molecule has 0 aliphatic carbocycles. The van der Waals surface area contributed by atoms with Crippen molar-refractivity contribution in [2.45, 2.75) is 17.0 Å². The summed E-state index contributed by atoms with van der Waals surface area (Å²) in [5.74, 6) is 0. The van der Waals surface area contributed by atoms with E-state index in [-0.39, 0.29) is 0 Å². The molecule has 84 valence electrons. The highest BCUT2D eigenvalue weighted by Gasteiger charge is 2.04. The van der Waals surface area contributed by atoms with Gasteiger partial charge in [0.15, 0.2) is 5.16 Å². The number of nitrogens with one attached hydrogen (secondary N) is 1. The van der Waals surface area contributed by atoms with Crippen LogP contribution in [0.25, 0.3) is 11.0 Å². The lowest BCUT2D eigenvalue weighted by Gasteiger charge is -1.95. The molecular formula is C14H12N2S. The minimum atomic E-state index is 0.941. The molecule has 0 unspecified atom stereocenters. The normalized spacial score (nSPS) is 10.9. The Morgan fingerprint density at radius 1 is 1.06 bits per heavy atom. The van der Waals surface area contributed by atoms with Gasteiger partial charge < -0.3 is 4.98 Å². The van der Waals surface area contributed by atoms with Crippen molar-refractivity contribution >= 4 is 22.8 Å². The number of rotatable bonds is 2. The highest BCUT2D eigenvalue weighted by Crippen LogP contribution is 2.26. The Hall–Kier alpha value is -1.74. The van der Waals surface area contributed by atoms with Crippen LogP contribution in [0.15, 0.2) is 58.6 Å². The van der Waals surface area contributed by atoms with Gasteiger partial charge in [-0.3, -0.25) is 0 Å². The van der Waals surface area contributed by atoms with Crippen LogP contribution in [0.3, 0.4) is 0 Å². The molecule has 0 saturated heterocycles. The number of hydrogen-bond acceptors (Lipinski definition) is 2. The molecule has 3 rings (SSSR count). The lowest BCUT2D eigenvalue weighted by Crippen LogP contribution is -1.74. The van der Waals surface area contributed by atoms with E-state index in [0.29, 0.717) is 0 Å². The van der Waals surface area contributed by atoms with E-state index in [9.17, 15) is 0 Å². The fourth-order valence-corrected chi connectivity index (χ4v) is 2.57. The third-order valence-electron chi connectivity index (χ3n) is 2.57. The highest BCUT2D eigenvalue weighted by atomic mass is 32.2. The molecule has 1 N–H and O–H groups in total. The van der Waals surface area contributed by atoms with Crippen molar-refractivity contribution in [2.75, 3.05) is 0 Å². The lowest BCUT2D eigenvalue weighted by molar-refractivity contribution is 1.08. The van der Waals surface area contributed by atoms with Gasteiger partial charge in [0.25, 0.3) is 0 Å². The van der Waals surface area contributed by atoms with E-state index < -0.39 is 0 Å². The van der Waals surface area contributed by atoms with Gasteiger partial charge in [-0.15, -0.1) is 0 Å². The number of benzene rings is 2. The van der Waals surface area contributed by atoms with Crippen LogP contribution < -0.4 is 0 Å². The number of hydrogen-bond donors (Lipinski definition) is 1. The Kier molecular flexibility index (Phi) is 2.61. The highest BCUT2D eigenvalue weighted by molar-refractivity contribution is 7.99. The van der Waals surface area contributed by atoms with Gasteiger partial charge in [0.1, 0.15) is 0 Å². The standard InChI is InChI=1S/C14H12N2S/c1-10-7-8-12-13(9-10)16-14(15-12)17-11-5-3-2-4-6-11/h2-9H,1H3,(H,15,16). The zero-order valence-corrected chi connectivity index (χ0v) is 10.3. The average molecular weight is 240 g/mol. The molecule has 1 aromatic heterocycles. The molecule has 0 aliphatic rings. The van der Waals surface area contributed by atoms with Crippen LogP contribution in [0.5, 0.6) is 0 Å². The van der Waals surface area contributed by atoms with E-state index in [1.165, 1.54) is 10.5 Å². The molecule has 3 heteroatoms. The molecule has 3 aromatic rings. The predicted octanol–water partition coefficient (Wildman–Crippen LogP) is 4.02. The van der Waals surface area contributed by atoms with Crippen LogP contribution in [0, 0.1) is 6.92 Å². The molecule has 0 atom stereocenters. The van der Waals surface area contributed by atoms with Gasteiger partial charge in [-0.1, -0.05) is 36.0 Å². The average Bonchev–Trinajstić information content (AvgIpc) is 2.71. The first-order valence-electron chi connectivity index (χ1n) is 5.50. The van der Waals surface area contributed by atoms with E-state index in [0.717, 1.165) is 16.2 Å². The molecule has 2 nitrogen and oxygen atoms in total. The Balaban J connectivity index is 1.96. The SMILES string of the molecule is Cc1ccc2nc(Sc3ccccc3)[nH]c2c1. The van der Waals surface area contributed by atoms with Crippen molar-refractivity contribution in [1.82, 2.24) is 9.97 Å². The van der Waals surface area contributed by atoms with Crippen LogP contribution >= 0.6 is 11.8 Å². The summed E-state index contributed by atoms with van der Waals surface area (Å²) in [6.45, 7) is 2.09. The molecular weight excluding hydrogens is 228 g/mol. The smallest absolute Gasteiger partial charge is 0.171 e. The van der Waals surface area contributed by atoms with Gasteiger partial charge in [0.2, 0.25) is 0 Å². The van der Waals surface area contributed by atoms with Crippen molar-refractivity contribution in [1.29, 1.82) is 0 Å². The quantitative estimate of drug-likeness (QED) is 0.732. The van der Waals surface area contributed by atoms with E-state index >= 15 is 0 Å². The van der Waals surface area contributed by atoms with E-state index in [2.05, 4.69) is 47.2 Å². The maximum Gasteiger partial charge on any atom is 0.171 e. The second-order valence-corrected chi connectivity index (χ2v) is 5.04. The number of nitrogens with zero attached hydrogens (tertiary/aromatic N) is 1. The molecule has 0 bridgehead atoms. The number of aryl methyl sites for hydroxylation is 1. The molecule has 0 fully saturated rings. The van der Waals surface area contributed by atoms with Crippen molar-refractivity contribution < 1.29 is 0 Å². The number of aromatic nitrogens is 2. The van der Waals surface area contributed by atoms with E-state index in [1.807, 2.05) is 18.2 Å².